The zero-order valence-electron chi connectivity index (χ0n) is 34.8. The van der Waals surface area contributed by atoms with Crippen LogP contribution in [0.3, 0.4) is 0 Å². The number of nitrogens with zero attached hydrogens (tertiary/aromatic N) is 1. The molecule has 1 aromatic heterocycles. The molecule has 0 amide bonds. The lowest BCUT2D eigenvalue weighted by Gasteiger charge is -2.06. The smallest absolute Gasteiger partial charge is 0.452 e. The number of aliphatic carboxylic acids is 1. The summed E-state index contributed by atoms with van der Waals surface area (Å²) in [4.78, 5) is 34.7. The number of carboxylic acids is 3. The van der Waals surface area contributed by atoms with Crippen molar-refractivity contribution in [2.75, 3.05) is 13.2 Å². The first-order valence-electron chi connectivity index (χ1n) is 19.6. The second-order valence-electron chi connectivity index (χ2n) is 13.4. The topological polar surface area (TPSA) is 251 Å². The van der Waals surface area contributed by atoms with Crippen LogP contribution in [0.15, 0.2) is 100 Å². The minimum Gasteiger partial charge on any atom is -0.506 e. The predicted octanol–water partition coefficient (Wildman–Crippen LogP) is 10.7. The van der Waals surface area contributed by atoms with Crippen LogP contribution in [0.25, 0.3) is 11.5 Å². The van der Waals surface area contributed by atoms with E-state index in [1.54, 1.807) is 55.5 Å². The number of halogens is 4. The Kier molecular flexibility index (Phi) is 22.7. The maximum atomic E-state index is 12.5. The van der Waals surface area contributed by atoms with Crippen LogP contribution >= 0.6 is 11.6 Å². The highest BCUT2D eigenvalue weighted by Crippen LogP contribution is 2.35. The quantitative estimate of drug-likeness (QED) is 0.0353. The first-order chi connectivity index (χ1) is 30.2. The van der Waals surface area contributed by atoms with E-state index in [0.29, 0.717) is 30.3 Å². The molecule has 0 spiro atoms. The Hall–Kier alpha value is -6.31. The highest BCUT2D eigenvalue weighted by molar-refractivity contribution is 7.86. The molecule has 5 rings (SSSR count). The predicted molar refractivity (Wildman–Crippen MR) is 229 cm³/mol. The molecule has 5 aromatic rings. The van der Waals surface area contributed by atoms with Crippen LogP contribution in [0, 0.1) is 0 Å². The molecule has 0 saturated heterocycles. The molecule has 4 aromatic carbocycles. The Morgan fingerprint density at radius 3 is 1.91 bits per heavy atom. The average Bonchev–Trinajstić information content (AvgIpc) is 3.71. The summed E-state index contributed by atoms with van der Waals surface area (Å²) in [6, 6.07) is 22.3. The number of rotatable bonds is 18. The van der Waals surface area contributed by atoms with Gasteiger partial charge in [0.15, 0.2) is 17.2 Å². The minimum atomic E-state index is -4.90. The third kappa shape index (κ3) is 19.8. The summed E-state index contributed by atoms with van der Waals surface area (Å²) in [6.07, 6.45) is 5.18. The first kappa shape index (κ1) is 53.8. The van der Waals surface area contributed by atoms with Gasteiger partial charge in [0, 0.05) is 10.6 Å². The van der Waals surface area contributed by atoms with Gasteiger partial charge >= 0.3 is 24.1 Å². The lowest BCUT2D eigenvalue weighted by molar-refractivity contribution is -0.153. The van der Waals surface area contributed by atoms with E-state index >= 15 is 0 Å². The van der Waals surface area contributed by atoms with E-state index in [1.807, 2.05) is 0 Å². The van der Waals surface area contributed by atoms with E-state index in [1.165, 1.54) is 75.3 Å². The second-order valence-corrected chi connectivity index (χ2v) is 15.2. The number of unbranched alkanes of at least 4 members (excludes halogenated alkanes) is 7. The molecular formula is C44H49ClF3NO14S. The number of oxazole rings is 1. The number of hydrogen-bond acceptors (Lipinski definition) is 11. The van der Waals surface area contributed by atoms with Gasteiger partial charge in [-0.3, -0.25) is 9.35 Å². The van der Waals surface area contributed by atoms with Crippen molar-refractivity contribution in [3.63, 3.8) is 0 Å². The highest BCUT2D eigenvalue weighted by atomic mass is 35.5. The number of aromatic carboxylic acids is 2. The van der Waals surface area contributed by atoms with E-state index in [9.17, 15) is 41.1 Å². The summed E-state index contributed by atoms with van der Waals surface area (Å²) < 4.78 is 82.5. The maximum Gasteiger partial charge on any atom is 0.452 e. The Bertz CT molecular complexity index is 2360. The first-order valence-corrected chi connectivity index (χ1v) is 21.4. The summed E-state index contributed by atoms with van der Waals surface area (Å²) >= 11 is 5.44. The number of aromatic hydroxyl groups is 2. The minimum absolute atomic E-state index is 0.0287. The second kappa shape index (κ2) is 27.0. The van der Waals surface area contributed by atoms with Crippen LogP contribution in [-0.4, -0.2) is 74.6 Å². The van der Waals surface area contributed by atoms with E-state index in [-0.39, 0.29) is 34.2 Å². The van der Waals surface area contributed by atoms with Crippen LogP contribution in [0.5, 0.6) is 23.0 Å². The number of carboxylic acid groups (broad SMARTS) is 3. The maximum absolute atomic E-state index is 12.5. The third-order valence-corrected chi connectivity index (χ3v) is 9.45. The van der Waals surface area contributed by atoms with Crippen LogP contribution in [0.4, 0.5) is 13.2 Å². The number of ether oxygens (including phenoxy) is 2. The molecule has 0 bridgehead atoms. The van der Waals surface area contributed by atoms with Crippen LogP contribution in [0.2, 0.25) is 5.02 Å². The van der Waals surface area contributed by atoms with Crippen molar-refractivity contribution in [2.45, 2.75) is 82.7 Å². The average molecular weight is 940 g/mol. The van der Waals surface area contributed by atoms with Gasteiger partial charge in [-0.1, -0.05) is 93.8 Å². The molecule has 0 aliphatic heterocycles. The molecule has 0 aliphatic rings. The number of benzene rings is 4. The number of hydrogen-bond donors (Lipinski definition) is 6. The SMILES string of the molecule is CCCCCCCCCCOc1cccc(C(=O)O)c1.CCOc1cc(CC(=O)O)ccc1O.O=C(O)c1nc(-c2ccccc2)oc1C(F)(F)F.O=S(=O)(O)c1cc(Cl)ccc1O. The Morgan fingerprint density at radius 1 is 0.750 bits per heavy atom. The summed E-state index contributed by atoms with van der Waals surface area (Å²) in [5.74, 6) is -5.11. The molecule has 348 valence electrons. The monoisotopic (exact) mass is 939 g/mol. The van der Waals surface area contributed by atoms with E-state index in [4.69, 9.17) is 46.1 Å². The molecule has 15 nitrogen and oxygen atoms in total. The van der Waals surface area contributed by atoms with Gasteiger partial charge in [-0.15, -0.1) is 0 Å². The fourth-order valence-corrected chi connectivity index (χ4v) is 6.16. The van der Waals surface area contributed by atoms with E-state index in [2.05, 4.69) is 16.3 Å². The molecular weight excluding hydrogens is 891 g/mol. The fraction of sp³-hybridized carbons (Fsp3) is 0.318. The summed E-state index contributed by atoms with van der Waals surface area (Å²) in [7, 11) is -4.39. The summed E-state index contributed by atoms with van der Waals surface area (Å²) in [5.41, 5.74) is 0.0222. The van der Waals surface area contributed by atoms with Crippen LogP contribution in [0.1, 0.15) is 97.4 Å². The summed E-state index contributed by atoms with van der Waals surface area (Å²) in [6.45, 7) is 5.13. The van der Waals surface area contributed by atoms with Gasteiger partial charge in [0.2, 0.25) is 11.7 Å². The molecule has 0 aliphatic carbocycles. The van der Waals surface area contributed by atoms with Gasteiger partial charge in [0.1, 0.15) is 16.4 Å². The molecule has 0 radical (unpaired) electrons. The summed E-state index contributed by atoms with van der Waals surface area (Å²) in [5, 5.41) is 44.5. The number of carbonyl (C=O) groups is 3. The standard InChI is InChI=1S/C17H26O3.C11H6F3NO3.C10H12O4.C6H5ClO4S/c1-2-3-4-5-6-7-8-9-13-20-16-12-10-11-15(14-16)17(18)19;12-11(13,14)8-7(10(16)17)15-9(18-8)6-4-2-1-3-5-6;1-2-14-9-5-7(6-10(12)13)3-4-8(9)11;7-4-1-2-5(8)6(3-4)12(9,10)11/h10-12,14H,2-9,13H2,1H3,(H,18,19);1-5H,(H,16,17);3-5,11H,2,6H2,1H3,(H,12,13);1-3,8H,(H,9,10,11). The van der Waals surface area contributed by atoms with Gasteiger partial charge in [-0.25, -0.2) is 14.6 Å². The number of phenols is 2. The van der Waals surface area contributed by atoms with Gasteiger partial charge in [-0.2, -0.15) is 21.6 Å². The molecule has 1 heterocycles. The van der Waals surface area contributed by atoms with E-state index in [0.717, 1.165) is 18.6 Å². The molecule has 64 heavy (non-hydrogen) atoms. The van der Waals surface area contributed by atoms with Crippen molar-refractivity contribution < 1.29 is 79.9 Å². The largest absolute Gasteiger partial charge is 0.506 e. The Labute approximate surface area is 372 Å². The number of phenolic OH excluding ortho intramolecular Hbond substituents is 2. The lowest BCUT2D eigenvalue weighted by atomic mass is 10.1. The van der Waals surface area contributed by atoms with Crippen molar-refractivity contribution in [1.29, 1.82) is 0 Å². The van der Waals surface area contributed by atoms with Crippen molar-refractivity contribution in [1.82, 2.24) is 4.98 Å². The fourth-order valence-electron chi connectivity index (χ4n) is 5.32. The molecule has 0 saturated carbocycles. The molecule has 0 unspecified atom stereocenters. The molecule has 0 atom stereocenters. The zero-order valence-corrected chi connectivity index (χ0v) is 36.3. The molecule has 0 fully saturated rings. The molecule has 20 heteroatoms. The van der Waals surface area contributed by atoms with Gasteiger partial charge in [-0.05, 0) is 79.6 Å². The van der Waals surface area contributed by atoms with Crippen molar-refractivity contribution in [2.24, 2.45) is 0 Å². The van der Waals surface area contributed by atoms with Crippen molar-refractivity contribution >= 4 is 39.6 Å². The van der Waals surface area contributed by atoms with E-state index < -0.39 is 56.3 Å². The van der Waals surface area contributed by atoms with Gasteiger partial charge < -0.3 is 39.4 Å². The third-order valence-electron chi connectivity index (χ3n) is 8.33. The Balaban J connectivity index is 0.000000299. The highest BCUT2D eigenvalue weighted by Gasteiger charge is 2.42. The van der Waals surface area contributed by atoms with Crippen molar-refractivity contribution in [3.05, 3.63) is 119 Å². The van der Waals surface area contributed by atoms with Crippen LogP contribution < -0.4 is 9.47 Å². The van der Waals surface area contributed by atoms with Crippen molar-refractivity contribution in [3.8, 4) is 34.5 Å². The Morgan fingerprint density at radius 2 is 1.38 bits per heavy atom. The van der Waals surface area contributed by atoms with Gasteiger partial charge in [0.25, 0.3) is 10.1 Å². The normalized spacial score (nSPS) is 10.8. The molecule has 6 N–H and O–H groups in total. The number of aromatic nitrogens is 1. The zero-order chi connectivity index (χ0) is 47.9. The lowest BCUT2D eigenvalue weighted by Crippen LogP contribution is -2.10. The number of alkyl halides is 3. The van der Waals surface area contributed by atoms with Crippen LogP contribution in [-0.2, 0) is 27.5 Å². The van der Waals surface area contributed by atoms with Gasteiger partial charge in [0.05, 0.1) is 25.2 Å².